The summed E-state index contributed by atoms with van der Waals surface area (Å²) in [6.07, 6.45) is 0. The van der Waals surface area contributed by atoms with Crippen LogP contribution in [-0.4, -0.2) is 24.2 Å². The van der Waals surface area contributed by atoms with Gasteiger partial charge in [-0.05, 0) is 36.8 Å². The highest BCUT2D eigenvalue weighted by molar-refractivity contribution is 5.59. The maximum atomic E-state index is 13.8. The van der Waals surface area contributed by atoms with Gasteiger partial charge in [0, 0.05) is 12.6 Å². The highest BCUT2D eigenvalue weighted by Gasteiger charge is 2.07. The number of methoxy groups -OCH3 is 2. The van der Waals surface area contributed by atoms with Crippen LogP contribution < -0.4 is 20.1 Å². The van der Waals surface area contributed by atoms with Crippen LogP contribution in [0.1, 0.15) is 11.4 Å². The lowest BCUT2D eigenvalue weighted by molar-refractivity contribution is 0.354. The molecular formula is C20H21FN4O2. The van der Waals surface area contributed by atoms with Crippen LogP contribution in [0.3, 0.4) is 0 Å². The van der Waals surface area contributed by atoms with Crippen molar-refractivity contribution >= 4 is 17.3 Å². The normalized spacial score (nSPS) is 10.4. The standard InChI is InChI=1S/C20H21FN4O2/c1-13-23-19(11-20(24-13)25-16-7-5-4-6-15(16)21)22-12-14-8-9-17(26-2)18(10-14)27-3/h4-11H,12H2,1-3H3,(H2,22,23,24,25). The van der Waals surface area contributed by atoms with Crippen molar-refractivity contribution in [2.24, 2.45) is 0 Å². The lowest BCUT2D eigenvalue weighted by Gasteiger charge is -2.12. The van der Waals surface area contributed by atoms with E-state index in [1.54, 1.807) is 45.4 Å². The predicted octanol–water partition coefficient (Wildman–Crippen LogP) is 4.30. The minimum atomic E-state index is -0.339. The number of hydrogen-bond donors (Lipinski definition) is 2. The third-order valence-corrected chi connectivity index (χ3v) is 3.90. The summed E-state index contributed by atoms with van der Waals surface area (Å²) in [5.74, 6) is 2.73. The van der Waals surface area contributed by atoms with E-state index in [4.69, 9.17) is 9.47 Å². The zero-order chi connectivity index (χ0) is 19.2. The Morgan fingerprint density at radius 3 is 2.41 bits per heavy atom. The van der Waals surface area contributed by atoms with Gasteiger partial charge in [0.15, 0.2) is 11.5 Å². The number of ether oxygens (including phenoxy) is 2. The van der Waals surface area contributed by atoms with E-state index in [-0.39, 0.29) is 5.82 Å². The van der Waals surface area contributed by atoms with Gasteiger partial charge in [0.25, 0.3) is 0 Å². The lowest BCUT2D eigenvalue weighted by Crippen LogP contribution is -2.06. The Bertz CT molecular complexity index is 934. The summed E-state index contributed by atoms with van der Waals surface area (Å²) in [5.41, 5.74) is 1.37. The number of anilines is 3. The molecule has 0 amide bonds. The van der Waals surface area contributed by atoms with Crippen molar-refractivity contribution in [2.75, 3.05) is 24.9 Å². The third kappa shape index (κ3) is 4.63. The van der Waals surface area contributed by atoms with Crippen molar-refractivity contribution < 1.29 is 13.9 Å². The zero-order valence-electron chi connectivity index (χ0n) is 15.4. The van der Waals surface area contributed by atoms with Crippen LogP contribution in [0.15, 0.2) is 48.5 Å². The van der Waals surface area contributed by atoms with Crippen LogP contribution in [0, 0.1) is 12.7 Å². The average Bonchev–Trinajstić information content (AvgIpc) is 2.67. The number of para-hydroxylation sites is 1. The lowest BCUT2D eigenvalue weighted by atomic mass is 10.2. The SMILES string of the molecule is COc1ccc(CNc2cc(Nc3ccccc3F)nc(C)n2)cc1OC. The van der Waals surface area contributed by atoms with Crippen molar-refractivity contribution in [3.63, 3.8) is 0 Å². The first-order valence-corrected chi connectivity index (χ1v) is 8.41. The van der Waals surface area contributed by atoms with E-state index >= 15 is 0 Å². The Labute approximate surface area is 157 Å². The Kier molecular flexibility index (Phi) is 5.71. The van der Waals surface area contributed by atoms with Crippen LogP contribution in [0.5, 0.6) is 11.5 Å². The molecule has 0 unspecified atom stereocenters. The first kappa shape index (κ1) is 18.4. The van der Waals surface area contributed by atoms with Crippen LogP contribution >= 0.6 is 0 Å². The summed E-state index contributed by atoms with van der Waals surface area (Å²) in [4.78, 5) is 8.69. The van der Waals surface area contributed by atoms with Gasteiger partial charge in [-0.1, -0.05) is 18.2 Å². The van der Waals surface area contributed by atoms with E-state index in [2.05, 4.69) is 20.6 Å². The molecule has 7 heteroatoms. The van der Waals surface area contributed by atoms with Crippen molar-refractivity contribution in [1.29, 1.82) is 0 Å². The number of aromatic nitrogens is 2. The van der Waals surface area contributed by atoms with Gasteiger partial charge in [-0.25, -0.2) is 14.4 Å². The molecule has 0 spiro atoms. The first-order valence-electron chi connectivity index (χ1n) is 8.41. The molecule has 0 saturated carbocycles. The van der Waals surface area contributed by atoms with E-state index in [9.17, 15) is 4.39 Å². The quantitative estimate of drug-likeness (QED) is 0.648. The van der Waals surface area contributed by atoms with Gasteiger partial charge >= 0.3 is 0 Å². The summed E-state index contributed by atoms with van der Waals surface area (Å²) < 4.78 is 24.4. The van der Waals surface area contributed by atoms with Gasteiger partial charge in [-0.15, -0.1) is 0 Å². The van der Waals surface area contributed by atoms with E-state index in [1.165, 1.54) is 6.07 Å². The second-order valence-corrected chi connectivity index (χ2v) is 5.83. The smallest absolute Gasteiger partial charge is 0.161 e. The molecular weight excluding hydrogens is 347 g/mol. The number of benzene rings is 2. The minimum absolute atomic E-state index is 0.339. The summed E-state index contributed by atoms with van der Waals surface area (Å²) in [6, 6.07) is 13.9. The molecule has 0 fully saturated rings. The summed E-state index contributed by atoms with van der Waals surface area (Å²) in [7, 11) is 3.20. The van der Waals surface area contributed by atoms with Crippen LogP contribution in [0.25, 0.3) is 0 Å². The Morgan fingerprint density at radius 1 is 0.926 bits per heavy atom. The Morgan fingerprint density at radius 2 is 1.67 bits per heavy atom. The fourth-order valence-corrected chi connectivity index (χ4v) is 2.61. The molecule has 0 aliphatic rings. The summed E-state index contributed by atoms with van der Waals surface area (Å²) >= 11 is 0. The molecule has 140 valence electrons. The molecule has 2 aromatic carbocycles. The Hall–Kier alpha value is -3.35. The molecule has 27 heavy (non-hydrogen) atoms. The molecule has 0 bridgehead atoms. The van der Waals surface area contributed by atoms with Gasteiger partial charge < -0.3 is 20.1 Å². The maximum Gasteiger partial charge on any atom is 0.161 e. The highest BCUT2D eigenvalue weighted by atomic mass is 19.1. The molecule has 2 N–H and O–H groups in total. The molecule has 1 heterocycles. The van der Waals surface area contributed by atoms with E-state index in [0.717, 1.165) is 5.56 Å². The first-order chi connectivity index (χ1) is 13.1. The maximum absolute atomic E-state index is 13.8. The van der Waals surface area contributed by atoms with Crippen LogP contribution in [0.2, 0.25) is 0 Å². The monoisotopic (exact) mass is 368 g/mol. The second-order valence-electron chi connectivity index (χ2n) is 5.83. The molecule has 3 aromatic rings. The van der Waals surface area contributed by atoms with Crippen molar-refractivity contribution in [1.82, 2.24) is 9.97 Å². The van der Waals surface area contributed by atoms with Crippen molar-refractivity contribution in [3.8, 4) is 11.5 Å². The molecule has 0 radical (unpaired) electrons. The number of aryl methyl sites for hydroxylation is 1. The largest absolute Gasteiger partial charge is 0.493 e. The highest BCUT2D eigenvalue weighted by Crippen LogP contribution is 2.28. The van der Waals surface area contributed by atoms with Gasteiger partial charge in [-0.3, -0.25) is 0 Å². The summed E-state index contributed by atoms with van der Waals surface area (Å²) in [5, 5.41) is 6.23. The van der Waals surface area contributed by atoms with Crippen molar-refractivity contribution in [2.45, 2.75) is 13.5 Å². The fourth-order valence-electron chi connectivity index (χ4n) is 2.61. The third-order valence-electron chi connectivity index (χ3n) is 3.90. The number of nitrogens with zero attached hydrogens (tertiary/aromatic N) is 2. The van der Waals surface area contributed by atoms with Gasteiger partial charge in [0.2, 0.25) is 0 Å². The number of nitrogens with one attached hydrogen (secondary N) is 2. The van der Waals surface area contributed by atoms with E-state index < -0.39 is 0 Å². The average molecular weight is 368 g/mol. The van der Waals surface area contributed by atoms with E-state index in [1.807, 2.05) is 18.2 Å². The summed E-state index contributed by atoms with van der Waals surface area (Å²) in [6.45, 7) is 2.32. The fraction of sp³-hybridized carbons (Fsp3) is 0.200. The van der Waals surface area contributed by atoms with Crippen molar-refractivity contribution in [3.05, 3.63) is 65.7 Å². The second kappa shape index (κ2) is 8.35. The van der Waals surface area contributed by atoms with E-state index in [0.29, 0.717) is 41.2 Å². The van der Waals surface area contributed by atoms with Gasteiger partial charge in [-0.2, -0.15) is 0 Å². The zero-order valence-corrected chi connectivity index (χ0v) is 15.4. The molecule has 3 rings (SSSR count). The number of rotatable bonds is 7. The molecule has 0 aliphatic carbocycles. The van der Waals surface area contributed by atoms with Gasteiger partial charge in [0.05, 0.1) is 19.9 Å². The molecule has 0 atom stereocenters. The molecule has 6 nitrogen and oxygen atoms in total. The van der Waals surface area contributed by atoms with Crippen LogP contribution in [0.4, 0.5) is 21.7 Å². The molecule has 0 aliphatic heterocycles. The number of hydrogen-bond acceptors (Lipinski definition) is 6. The minimum Gasteiger partial charge on any atom is -0.493 e. The molecule has 1 aromatic heterocycles. The topological polar surface area (TPSA) is 68.3 Å². The Balaban J connectivity index is 1.74. The molecule has 0 saturated heterocycles. The van der Waals surface area contributed by atoms with Gasteiger partial charge in [0.1, 0.15) is 23.3 Å². The number of halogens is 1. The predicted molar refractivity (Wildman–Crippen MR) is 103 cm³/mol. The van der Waals surface area contributed by atoms with Crippen LogP contribution in [-0.2, 0) is 6.54 Å².